The van der Waals surface area contributed by atoms with Gasteiger partial charge in [0.25, 0.3) is 0 Å². The van der Waals surface area contributed by atoms with E-state index in [1.54, 1.807) is 0 Å². The van der Waals surface area contributed by atoms with Crippen molar-refractivity contribution < 1.29 is 9.59 Å². The molecule has 0 aliphatic carbocycles. The predicted octanol–water partition coefficient (Wildman–Crippen LogP) is 2.51. The topological polar surface area (TPSA) is 61.4 Å². The van der Waals surface area contributed by atoms with Gasteiger partial charge in [0.05, 0.1) is 11.0 Å². The van der Waals surface area contributed by atoms with Crippen LogP contribution in [0.25, 0.3) is 0 Å². The summed E-state index contributed by atoms with van der Waals surface area (Å²) in [4.78, 5) is 26.9. The molecule has 2 aliphatic heterocycles. The summed E-state index contributed by atoms with van der Waals surface area (Å²) < 4.78 is 0. The Hall–Kier alpha value is -1.53. The van der Waals surface area contributed by atoms with Crippen molar-refractivity contribution in [2.45, 2.75) is 31.9 Å². The number of likely N-dealkylation sites (tertiary alicyclic amines) is 1. The number of anilines is 1. The maximum atomic E-state index is 12.7. The summed E-state index contributed by atoms with van der Waals surface area (Å²) in [7, 11) is 0. The largest absolute Gasteiger partial charge is 0.342 e. The van der Waals surface area contributed by atoms with Gasteiger partial charge in [0, 0.05) is 18.8 Å². The molecule has 1 aromatic carbocycles. The van der Waals surface area contributed by atoms with Gasteiger partial charge >= 0.3 is 0 Å². The molecule has 2 saturated heterocycles. The van der Waals surface area contributed by atoms with Crippen molar-refractivity contribution in [1.29, 1.82) is 0 Å². The van der Waals surface area contributed by atoms with Crippen LogP contribution in [0.1, 0.15) is 25.3 Å². The fourth-order valence-electron chi connectivity index (χ4n) is 3.80. The molecule has 5 nitrogen and oxygen atoms in total. The van der Waals surface area contributed by atoms with Gasteiger partial charge in [-0.05, 0) is 63.7 Å². The first-order chi connectivity index (χ1) is 12.5. The van der Waals surface area contributed by atoms with Gasteiger partial charge < -0.3 is 15.5 Å². The van der Waals surface area contributed by atoms with Gasteiger partial charge in [-0.25, -0.2) is 0 Å². The lowest BCUT2D eigenvalue weighted by Crippen LogP contribution is -2.38. The zero-order chi connectivity index (χ0) is 18.5. The van der Waals surface area contributed by atoms with Crippen molar-refractivity contribution in [1.82, 2.24) is 10.2 Å². The Morgan fingerprint density at radius 2 is 1.81 bits per heavy atom. The zero-order valence-electron chi connectivity index (χ0n) is 15.7. The molecule has 2 N–H and O–H groups in total. The zero-order valence-corrected chi connectivity index (χ0v) is 16.5. The highest BCUT2D eigenvalue weighted by atomic mass is 32.2. The fourth-order valence-corrected chi connectivity index (χ4v) is 4.57. The van der Waals surface area contributed by atoms with Crippen LogP contribution in [0, 0.1) is 18.8 Å². The lowest BCUT2D eigenvalue weighted by molar-refractivity contribution is -0.130. The molecule has 2 aliphatic rings. The summed E-state index contributed by atoms with van der Waals surface area (Å²) in [5.74, 6) is 1.84. The molecule has 2 amide bonds. The maximum absolute atomic E-state index is 12.7. The number of benzene rings is 1. The molecule has 2 fully saturated rings. The van der Waals surface area contributed by atoms with E-state index in [0.717, 1.165) is 62.1 Å². The molecule has 26 heavy (non-hydrogen) atoms. The number of hydrogen-bond donors (Lipinski definition) is 2. The molecule has 2 heterocycles. The van der Waals surface area contributed by atoms with E-state index in [1.807, 2.05) is 43.0 Å². The third kappa shape index (κ3) is 5.01. The first-order valence-corrected chi connectivity index (χ1v) is 10.6. The van der Waals surface area contributed by atoms with Crippen LogP contribution in [0.5, 0.6) is 0 Å². The Kier molecular flexibility index (Phi) is 6.59. The van der Waals surface area contributed by atoms with E-state index in [9.17, 15) is 9.59 Å². The lowest BCUT2D eigenvalue weighted by atomic mass is 9.92. The van der Waals surface area contributed by atoms with Crippen molar-refractivity contribution in [3.8, 4) is 0 Å². The summed E-state index contributed by atoms with van der Waals surface area (Å²) in [6.45, 7) is 7.82. The van der Waals surface area contributed by atoms with Crippen LogP contribution < -0.4 is 10.6 Å². The molecule has 1 aromatic rings. The van der Waals surface area contributed by atoms with E-state index >= 15 is 0 Å². The molecular weight excluding hydrogens is 346 g/mol. The van der Waals surface area contributed by atoms with E-state index in [2.05, 4.69) is 10.6 Å². The summed E-state index contributed by atoms with van der Waals surface area (Å²) in [6, 6.07) is 7.74. The van der Waals surface area contributed by atoms with Crippen molar-refractivity contribution in [2.75, 3.05) is 37.2 Å². The Morgan fingerprint density at radius 1 is 1.19 bits per heavy atom. The van der Waals surface area contributed by atoms with E-state index in [4.69, 9.17) is 0 Å². The Balaban J connectivity index is 1.43. The monoisotopic (exact) mass is 375 g/mol. The number of fused-ring (bicyclic) bond motifs is 1. The maximum Gasteiger partial charge on any atom is 0.235 e. The first kappa shape index (κ1) is 19.2. The number of amides is 2. The van der Waals surface area contributed by atoms with Gasteiger partial charge in [-0.3, -0.25) is 9.59 Å². The third-order valence-corrected chi connectivity index (χ3v) is 6.61. The quantitative estimate of drug-likeness (QED) is 0.830. The van der Waals surface area contributed by atoms with Crippen molar-refractivity contribution >= 4 is 29.3 Å². The van der Waals surface area contributed by atoms with E-state index in [1.165, 1.54) is 11.8 Å². The molecule has 6 heteroatoms. The smallest absolute Gasteiger partial charge is 0.235 e. The van der Waals surface area contributed by atoms with Crippen molar-refractivity contribution in [3.63, 3.8) is 0 Å². The van der Waals surface area contributed by atoms with Crippen molar-refractivity contribution in [2.24, 2.45) is 11.8 Å². The number of carbonyl (C=O) groups is 2. The second-order valence-corrected chi connectivity index (χ2v) is 8.78. The summed E-state index contributed by atoms with van der Waals surface area (Å²) >= 11 is 1.42. The number of nitrogens with one attached hydrogen (secondary N) is 2. The number of carbonyl (C=O) groups excluding carboxylic acids is 2. The Labute approximate surface area is 160 Å². The van der Waals surface area contributed by atoms with Gasteiger partial charge in [0.2, 0.25) is 11.8 Å². The van der Waals surface area contributed by atoms with Crippen LogP contribution in [0.4, 0.5) is 5.69 Å². The first-order valence-electron chi connectivity index (χ1n) is 9.50. The number of hydrogen-bond acceptors (Lipinski definition) is 4. The molecule has 0 radical (unpaired) electrons. The highest BCUT2D eigenvalue weighted by molar-refractivity contribution is 8.01. The predicted molar refractivity (Wildman–Crippen MR) is 107 cm³/mol. The van der Waals surface area contributed by atoms with Gasteiger partial charge in [0.15, 0.2) is 0 Å². The molecule has 0 bridgehead atoms. The van der Waals surface area contributed by atoms with Gasteiger partial charge in [-0.1, -0.05) is 17.7 Å². The van der Waals surface area contributed by atoms with Crippen molar-refractivity contribution in [3.05, 3.63) is 29.8 Å². The molecule has 3 atom stereocenters. The number of aryl methyl sites for hydroxylation is 1. The van der Waals surface area contributed by atoms with Gasteiger partial charge in [-0.2, -0.15) is 0 Å². The second kappa shape index (κ2) is 8.91. The number of rotatable bonds is 5. The van der Waals surface area contributed by atoms with Gasteiger partial charge in [-0.15, -0.1) is 11.8 Å². The van der Waals surface area contributed by atoms with E-state index in [-0.39, 0.29) is 17.1 Å². The highest BCUT2D eigenvalue weighted by Crippen LogP contribution is 2.28. The Morgan fingerprint density at radius 3 is 2.42 bits per heavy atom. The average Bonchev–Trinajstić information content (AvgIpc) is 2.99. The number of nitrogens with zero attached hydrogens (tertiary/aromatic N) is 1. The van der Waals surface area contributed by atoms with Crippen LogP contribution in [0.15, 0.2) is 24.3 Å². The average molecular weight is 376 g/mol. The minimum Gasteiger partial charge on any atom is -0.342 e. The summed E-state index contributed by atoms with van der Waals surface area (Å²) in [5.41, 5.74) is 1.96. The van der Waals surface area contributed by atoms with Crippen LogP contribution in [-0.2, 0) is 9.59 Å². The van der Waals surface area contributed by atoms with E-state index < -0.39 is 0 Å². The molecule has 0 spiro atoms. The standard InChI is InChI=1S/C20H29N3O2S/c1-14-3-5-18(6-4-14)22-19(24)13-26-15(2)20(25)23-9-7-16-11-21-12-17(16)8-10-23/h3-6,15-17,21H,7-13H2,1-2H3,(H,22,24)/t15?,16-,17+. The van der Waals surface area contributed by atoms with E-state index in [0.29, 0.717) is 5.75 Å². The normalized spacial score (nSPS) is 23.8. The minimum atomic E-state index is -0.185. The van der Waals surface area contributed by atoms with Crippen LogP contribution in [-0.4, -0.2) is 53.9 Å². The molecule has 3 rings (SSSR count). The third-order valence-electron chi connectivity index (χ3n) is 5.48. The lowest BCUT2D eigenvalue weighted by Gasteiger charge is -2.24. The summed E-state index contributed by atoms with van der Waals surface area (Å²) in [6.07, 6.45) is 2.18. The van der Waals surface area contributed by atoms with Crippen LogP contribution in [0.3, 0.4) is 0 Å². The van der Waals surface area contributed by atoms with Gasteiger partial charge in [0.1, 0.15) is 0 Å². The molecule has 142 valence electrons. The molecule has 0 saturated carbocycles. The number of thioether (sulfide) groups is 1. The minimum absolute atomic E-state index is 0.0602. The Bertz CT molecular complexity index is 620. The molecule has 0 aromatic heterocycles. The fraction of sp³-hybridized carbons (Fsp3) is 0.600. The highest BCUT2D eigenvalue weighted by Gasteiger charge is 2.32. The molecule has 1 unspecified atom stereocenters. The molecular formula is C20H29N3O2S. The SMILES string of the molecule is Cc1ccc(NC(=O)CSC(C)C(=O)N2CC[C@@H]3CNC[C@@H]3CC2)cc1. The second-order valence-electron chi connectivity index (χ2n) is 7.45. The van der Waals surface area contributed by atoms with Crippen LogP contribution in [0.2, 0.25) is 0 Å². The summed E-state index contributed by atoms with van der Waals surface area (Å²) in [5, 5.41) is 6.17. The van der Waals surface area contributed by atoms with Crippen LogP contribution >= 0.6 is 11.8 Å².